The number of rotatable bonds is 7. The van der Waals surface area contributed by atoms with Gasteiger partial charge in [-0.2, -0.15) is 0 Å². The molecule has 4 aromatic rings. The first-order valence-corrected chi connectivity index (χ1v) is 10.7. The number of para-hydroxylation sites is 2. The van der Waals surface area contributed by atoms with Crippen LogP contribution in [0.2, 0.25) is 0 Å². The second-order valence-corrected chi connectivity index (χ2v) is 7.53. The highest BCUT2D eigenvalue weighted by Gasteiger charge is 2.15. The average molecular weight is 444 g/mol. The number of aryl methyl sites for hydroxylation is 2. The Labute approximate surface area is 191 Å². The van der Waals surface area contributed by atoms with Gasteiger partial charge in [-0.3, -0.25) is 14.2 Å². The molecule has 0 atom stereocenters. The van der Waals surface area contributed by atoms with Crippen LogP contribution in [0.25, 0.3) is 16.6 Å². The summed E-state index contributed by atoms with van der Waals surface area (Å²) in [5.41, 5.74) is 2.65. The molecule has 1 amide bonds. The van der Waals surface area contributed by atoms with Crippen molar-refractivity contribution in [2.24, 2.45) is 0 Å². The number of hydrogen-bond donors (Lipinski definition) is 1. The number of ether oxygens (including phenoxy) is 2. The summed E-state index contributed by atoms with van der Waals surface area (Å²) in [4.78, 5) is 30.3. The summed E-state index contributed by atoms with van der Waals surface area (Å²) < 4.78 is 12.7. The first-order chi connectivity index (χ1) is 16.0. The zero-order valence-corrected chi connectivity index (χ0v) is 18.8. The first kappa shape index (κ1) is 22.1. The number of anilines is 1. The first-order valence-electron chi connectivity index (χ1n) is 10.7. The van der Waals surface area contributed by atoms with Crippen LogP contribution in [0.4, 0.5) is 5.69 Å². The third kappa shape index (κ3) is 4.72. The number of nitrogens with zero attached hydrogens (tertiary/aromatic N) is 2. The van der Waals surface area contributed by atoms with Crippen molar-refractivity contribution in [1.29, 1.82) is 0 Å². The Morgan fingerprint density at radius 1 is 0.970 bits per heavy atom. The third-order valence-electron chi connectivity index (χ3n) is 5.19. The summed E-state index contributed by atoms with van der Waals surface area (Å²) in [5.74, 6) is 1.34. The van der Waals surface area contributed by atoms with Crippen molar-refractivity contribution in [1.82, 2.24) is 9.55 Å². The molecular formula is C26H25N3O4. The zero-order chi connectivity index (χ0) is 23.4. The smallest absolute Gasteiger partial charge is 0.266 e. The number of carbonyl (C=O) groups excluding carboxylic acids is 1. The Balaban J connectivity index is 1.56. The molecule has 0 aliphatic rings. The number of benzene rings is 3. The van der Waals surface area contributed by atoms with Crippen molar-refractivity contribution in [3.8, 4) is 17.2 Å². The summed E-state index contributed by atoms with van der Waals surface area (Å²) >= 11 is 0. The molecular weight excluding hydrogens is 418 g/mol. The normalized spacial score (nSPS) is 10.8. The Morgan fingerprint density at radius 3 is 2.45 bits per heavy atom. The number of fused-ring (bicyclic) bond motifs is 1. The van der Waals surface area contributed by atoms with E-state index in [1.165, 1.54) is 0 Å². The maximum atomic E-state index is 13.3. The van der Waals surface area contributed by atoms with Crippen molar-refractivity contribution in [3.63, 3.8) is 0 Å². The van der Waals surface area contributed by atoms with E-state index in [0.29, 0.717) is 34.8 Å². The molecule has 0 aliphatic heterocycles. The van der Waals surface area contributed by atoms with E-state index in [1.807, 2.05) is 38.1 Å². The van der Waals surface area contributed by atoms with Crippen molar-refractivity contribution >= 4 is 22.5 Å². The minimum absolute atomic E-state index is 0.184. The average Bonchev–Trinajstić information content (AvgIpc) is 2.80. The van der Waals surface area contributed by atoms with Gasteiger partial charge in [-0.25, -0.2) is 4.98 Å². The van der Waals surface area contributed by atoms with E-state index >= 15 is 0 Å². The molecule has 1 aromatic heterocycles. The molecule has 33 heavy (non-hydrogen) atoms. The molecule has 0 unspecified atom stereocenters. The largest absolute Gasteiger partial charge is 0.494 e. The predicted octanol–water partition coefficient (Wildman–Crippen LogP) is 4.42. The predicted molar refractivity (Wildman–Crippen MR) is 129 cm³/mol. The molecule has 7 heteroatoms. The number of amides is 1. The van der Waals surface area contributed by atoms with Crippen molar-refractivity contribution in [3.05, 3.63) is 88.5 Å². The van der Waals surface area contributed by atoms with Crippen LogP contribution in [-0.4, -0.2) is 28.7 Å². The van der Waals surface area contributed by atoms with Crippen LogP contribution >= 0.6 is 0 Å². The lowest BCUT2D eigenvalue weighted by Crippen LogP contribution is -2.24. The van der Waals surface area contributed by atoms with Gasteiger partial charge in [0.15, 0.2) is 6.61 Å². The lowest BCUT2D eigenvalue weighted by atomic mass is 10.1. The molecule has 0 bridgehead atoms. The van der Waals surface area contributed by atoms with Crippen LogP contribution < -0.4 is 20.3 Å². The molecule has 0 spiro atoms. The second kappa shape index (κ2) is 9.56. The van der Waals surface area contributed by atoms with E-state index in [9.17, 15) is 9.59 Å². The van der Waals surface area contributed by atoms with Gasteiger partial charge in [-0.05, 0) is 68.8 Å². The number of nitrogens with one attached hydrogen (secondary N) is 1. The maximum absolute atomic E-state index is 13.3. The number of aromatic nitrogens is 2. The lowest BCUT2D eigenvalue weighted by Gasteiger charge is -2.15. The standard InChI is InChI=1S/C26H25N3O4/c1-4-32-20-14-12-19(13-15-20)28-24(30)16-33-23-11-7-9-21-25(23)27-18(3)29(26(21)31)22-10-6-5-8-17(22)2/h5-15H,4,16H2,1-3H3,(H,28,30). The van der Waals surface area contributed by atoms with E-state index in [1.54, 1.807) is 54.0 Å². The minimum atomic E-state index is -0.318. The molecule has 0 radical (unpaired) electrons. The molecule has 0 saturated carbocycles. The maximum Gasteiger partial charge on any atom is 0.266 e. The molecule has 4 rings (SSSR count). The van der Waals surface area contributed by atoms with Crippen LogP contribution in [0.5, 0.6) is 11.5 Å². The fourth-order valence-electron chi connectivity index (χ4n) is 3.65. The van der Waals surface area contributed by atoms with Gasteiger partial charge in [0.25, 0.3) is 11.5 Å². The molecule has 168 valence electrons. The van der Waals surface area contributed by atoms with Gasteiger partial charge in [0.1, 0.15) is 22.8 Å². The Bertz CT molecular complexity index is 1360. The molecule has 1 N–H and O–H groups in total. The SMILES string of the molecule is CCOc1ccc(NC(=O)COc2cccc3c(=O)n(-c4ccccc4C)c(C)nc23)cc1. The Morgan fingerprint density at radius 2 is 1.73 bits per heavy atom. The van der Waals surface area contributed by atoms with Gasteiger partial charge in [0.2, 0.25) is 0 Å². The Kier molecular flexibility index (Phi) is 6.40. The summed E-state index contributed by atoms with van der Waals surface area (Å²) in [6.45, 7) is 6.01. The zero-order valence-electron chi connectivity index (χ0n) is 18.8. The lowest BCUT2D eigenvalue weighted by molar-refractivity contribution is -0.118. The van der Waals surface area contributed by atoms with Crippen molar-refractivity contribution < 1.29 is 14.3 Å². The van der Waals surface area contributed by atoms with Gasteiger partial charge in [-0.15, -0.1) is 0 Å². The quantitative estimate of drug-likeness (QED) is 0.457. The van der Waals surface area contributed by atoms with Crippen LogP contribution in [0, 0.1) is 13.8 Å². The topological polar surface area (TPSA) is 82.5 Å². The monoisotopic (exact) mass is 443 g/mol. The Hall–Kier alpha value is -4.13. The second-order valence-electron chi connectivity index (χ2n) is 7.53. The molecule has 0 aliphatic carbocycles. The minimum Gasteiger partial charge on any atom is -0.494 e. The summed E-state index contributed by atoms with van der Waals surface area (Å²) in [6.07, 6.45) is 0. The summed E-state index contributed by atoms with van der Waals surface area (Å²) in [5, 5.41) is 3.21. The van der Waals surface area contributed by atoms with Crippen LogP contribution in [-0.2, 0) is 4.79 Å². The number of hydrogen-bond acceptors (Lipinski definition) is 5. The van der Waals surface area contributed by atoms with E-state index in [0.717, 1.165) is 17.0 Å². The van der Waals surface area contributed by atoms with Crippen LogP contribution in [0.15, 0.2) is 71.5 Å². The third-order valence-corrected chi connectivity index (χ3v) is 5.19. The molecule has 0 saturated heterocycles. The highest BCUT2D eigenvalue weighted by molar-refractivity contribution is 5.92. The summed E-state index contributed by atoms with van der Waals surface area (Å²) in [7, 11) is 0. The molecule has 0 fully saturated rings. The van der Waals surface area contributed by atoms with Gasteiger partial charge < -0.3 is 14.8 Å². The van der Waals surface area contributed by atoms with Gasteiger partial charge in [-0.1, -0.05) is 24.3 Å². The van der Waals surface area contributed by atoms with Gasteiger partial charge in [0.05, 0.1) is 17.7 Å². The van der Waals surface area contributed by atoms with E-state index in [4.69, 9.17) is 9.47 Å². The van der Waals surface area contributed by atoms with Gasteiger partial charge >= 0.3 is 0 Å². The summed E-state index contributed by atoms with van der Waals surface area (Å²) in [6, 6.07) is 19.9. The highest BCUT2D eigenvalue weighted by Crippen LogP contribution is 2.24. The fourth-order valence-corrected chi connectivity index (χ4v) is 3.65. The number of carbonyl (C=O) groups is 1. The van der Waals surface area contributed by atoms with E-state index in [-0.39, 0.29) is 18.1 Å². The van der Waals surface area contributed by atoms with Crippen molar-refractivity contribution in [2.45, 2.75) is 20.8 Å². The van der Waals surface area contributed by atoms with E-state index < -0.39 is 0 Å². The molecule has 7 nitrogen and oxygen atoms in total. The van der Waals surface area contributed by atoms with Crippen molar-refractivity contribution in [2.75, 3.05) is 18.5 Å². The molecule has 1 heterocycles. The highest BCUT2D eigenvalue weighted by atomic mass is 16.5. The van der Waals surface area contributed by atoms with E-state index in [2.05, 4.69) is 10.3 Å². The molecule has 3 aromatic carbocycles. The van der Waals surface area contributed by atoms with Crippen LogP contribution in [0.3, 0.4) is 0 Å². The van der Waals surface area contributed by atoms with Gasteiger partial charge in [0, 0.05) is 5.69 Å². The fraction of sp³-hybridized carbons (Fsp3) is 0.192. The van der Waals surface area contributed by atoms with Crippen LogP contribution in [0.1, 0.15) is 18.3 Å².